The summed E-state index contributed by atoms with van der Waals surface area (Å²) in [5, 5.41) is 3.27. The monoisotopic (exact) mass is 459 g/mol. The molecule has 0 fully saturated rings. The molecule has 3 aromatic carbocycles. The Labute approximate surface area is 199 Å². The average molecular weight is 460 g/mol. The molecule has 0 aliphatic heterocycles. The molecule has 3 aromatic rings. The zero-order valence-corrected chi connectivity index (χ0v) is 19.9. The second-order valence-corrected chi connectivity index (χ2v) is 8.30. The standard InChI is InChI=1S/C28H29NO5/c1-5-34-27(31)22-12-10-19(16-26(22)33-4)14-15-28(29-18(2)30)24-9-7-6-8-21(24)23-17-20(32-3)11-13-25(23)28/h6-13,16-17H,5,14-15H2,1-4H3,(H,29,30). The number of esters is 1. The van der Waals surface area contributed by atoms with Crippen molar-refractivity contribution in [1.82, 2.24) is 5.32 Å². The lowest BCUT2D eigenvalue weighted by Gasteiger charge is -2.33. The van der Waals surface area contributed by atoms with Gasteiger partial charge in [0, 0.05) is 6.92 Å². The van der Waals surface area contributed by atoms with Gasteiger partial charge in [-0.2, -0.15) is 0 Å². The van der Waals surface area contributed by atoms with Gasteiger partial charge in [-0.05, 0) is 71.8 Å². The van der Waals surface area contributed by atoms with Crippen LogP contribution in [-0.4, -0.2) is 32.7 Å². The first-order valence-electron chi connectivity index (χ1n) is 11.3. The number of carbonyl (C=O) groups excluding carboxylic acids is 2. The molecular weight excluding hydrogens is 430 g/mol. The number of nitrogens with one attached hydrogen (secondary N) is 1. The fourth-order valence-electron chi connectivity index (χ4n) is 4.85. The Hall–Kier alpha value is -3.80. The van der Waals surface area contributed by atoms with Crippen molar-refractivity contribution < 1.29 is 23.8 Å². The summed E-state index contributed by atoms with van der Waals surface area (Å²) in [4.78, 5) is 24.7. The molecule has 0 radical (unpaired) electrons. The van der Waals surface area contributed by atoms with Gasteiger partial charge in [-0.15, -0.1) is 0 Å². The van der Waals surface area contributed by atoms with Crippen molar-refractivity contribution in [1.29, 1.82) is 0 Å². The molecule has 6 nitrogen and oxygen atoms in total. The van der Waals surface area contributed by atoms with Crippen LogP contribution in [0, 0.1) is 0 Å². The van der Waals surface area contributed by atoms with Crippen molar-refractivity contribution in [2.75, 3.05) is 20.8 Å². The van der Waals surface area contributed by atoms with Crippen molar-refractivity contribution in [3.05, 3.63) is 82.9 Å². The molecule has 0 aromatic heterocycles. The number of ether oxygens (including phenoxy) is 3. The second kappa shape index (κ2) is 9.59. The van der Waals surface area contributed by atoms with E-state index >= 15 is 0 Å². The number of aryl methyl sites for hydroxylation is 1. The lowest BCUT2D eigenvalue weighted by Crippen LogP contribution is -2.45. The van der Waals surface area contributed by atoms with E-state index in [0.717, 1.165) is 33.6 Å². The molecule has 34 heavy (non-hydrogen) atoms. The molecule has 1 aliphatic rings. The Morgan fingerprint density at radius 2 is 1.68 bits per heavy atom. The Morgan fingerprint density at radius 1 is 0.912 bits per heavy atom. The molecule has 1 amide bonds. The van der Waals surface area contributed by atoms with E-state index in [9.17, 15) is 9.59 Å². The maximum absolute atomic E-state index is 12.4. The van der Waals surface area contributed by atoms with Crippen LogP contribution in [0.15, 0.2) is 60.7 Å². The van der Waals surface area contributed by atoms with E-state index in [1.54, 1.807) is 27.0 Å². The molecule has 176 valence electrons. The van der Waals surface area contributed by atoms with E-state index in [0.29, 0.717) is 30.8 Å². The highest BCUT2D eigenvalue weighted by atomic mass is 16.5. The fraction of sp³-hybridized carbons (Fsp3) is 0.286. The third-order valence-electron chi connectivity index (χ3n) is 6.30. The number of rotatable bonds is 8. The minimum Gasteiger partial charge on any atom is -0.497 e. The third-order valence-corrected chi connectivity index (χ3v) is 6.30. The van der Waals surface area contributed by atoms with E-state index in [2.05, 4.69) is 17.4 Å². The van der Waals surface area contributed by atoms with Crippen LogP contribution in [0.1, 0.15) is 47.3 Å². The number of amides is 1. The number of hydrogen-bond acceptors (Lipinski definition) is 5. The summed E-state index contributed by atoms with van der Waals surface area (Å²) < 4.78 is 16.1. The Balaban J connectivity index is 1.74. The second-order valence-electron chi connectivity index (χ2n) is 8.30. The average Bonchev–Trinajstić information content (AvgIpc) is 3.11. The van der Waals surface area contributed by atoms with E-state index in [4.69, 9.17) is 14.2 Å². The van der Waals surface area contributed by atoms with E-state index in [-0.39, 0.29) is 5.91 Å². The number of hydrogen-bond donors (Lipinski definition) is 1. The molecule has 0 saturated heterocycles. The summed E-state index contributed by atoms with van der Waals surface area (Å²) in [6.07, 6.45) is 1.28. The van der Waals surface area contributed by atoms with Crippen molar-refractivity contribution in [2.45, 2.75) is 32.2 Å². The molecule has 0 bridgehead atoms. The summed E-state index contributed by atoms with van der Waals surface area (Å²) in [6, 6.07) is 19.6. The lowest BCUT2D eigenvalue weighted by atomic mass is 9.81. The molecule has 1 N–H and O–H groups in total. The van der Waals surface area contributed by atoms with Gasteiger partial charge in [0.2, 0.25) is 5.91 Å². The van der Waals surface area contributed by atoms with Gasteiger partial charge in [-0.1, -0.05) is 36.4 Å². The minimum atomic E-state index is -0.683. The smallest absolute Gasteiger partial charge is 0.341 e. The van der Waals surface area contributed by atoms with Crippen LogP contribution in [0.3, 0.4) is 0 Å². The lowest BCUT2D eigenvalue weighted by molar-refractivity contribution is -0.120. The van der Waals surface area contributed by atoms with Crippen LogP contribution in [0.2, 0.25) is 0 Å². The first kappa shape index (κ1) is 23.4. The van der Waals surface area contributed by atoms with Crippen molar-refractivity contribution in [3.8, 4) is 22.6 Å². The zero-order chi connectivity index (χ0) is 24.3. The van der Waals surface area contributed by atoms with Crippen molar-refractivity contribution in [2.24, 2.45) is 0 Å². The maximum Gasteiger partial charge on any atom is 0.341 e. The fourth-order valence-corrected chi connectivity index (χ4v) is 4.85. The van der Waals surface area contributed by atoms with Gasteiger partial charge in [-0.3, -0.25) is 4.79 Å². The van der Waals surface area contributed by atoms with Crippen LogP contribution in [0.4, 0.5) is 0 Å². The van der Waals surface area contributed by atoms with Gasteiger partial charge in [0.25, 0.3) is 0 Å². The van der Waals surface area contributed by atoms with Crippen LogP contribution in [0.5, 0.6) is 11.5 Å². The van der Waals surface area contributed by atoms with Gasteiger partial charge < -0.3 is 19.5 Å². The van der Waals surface area contributed by atoms with E-state index in [1.807, 2.05) is 42.5 Å². The van der Waals surface area contributed by atoms with E-state index in [1.165, 1.54) is 7.11 Å². The normalized spacial score (nSPS) is 15.8. The van der Waals surface area contributed by atoms with Crippen LogP contribution in [0.25, 0.3) is 11.1 Å². The number of fused-ring (bicyclic) bond motifs is 3. The zero-order valence-electron chi connectivity index (χ0n) is 19.9. The maximum atomic E-state index is 12.4. The van der Waals surface area contributed by atoms with Crippen molar-refractivity contribution in [3.63, 3.8) is 0 Å². The molecule has 0 heterocycles. The summed E-state index contributed by atoms with van der Waals surface area (Å²) in [6.45, 7) is 3.61. The largest absolute Gasteiger partial charge is 0.497 e. The number of benzene rings is 3. The van der Waals surface area contributed by atoms with Gasteiger partial charge in [0.15, 0.2) is 0 Å². The van der Waals surface area contributed by atoms with Gasteiger partial charge in [0.1, 0.15) is 17.1 Å². The molecule has 1 aliphatic carbocycles. The summed E-state index contributed by atoms with van der Waals surface area (Å²) in [5.41, 5.74) is 4.95. The van der Waals surface area contributed by atoms with E-state index < -0.39 is 11.5 Å². The van der Waals surface area contributed by atoms with Gasteiger partial charge >= 0.3 is 5.97 Å². The SMILES string of the molecule is CCOC(=O)c1ccc(CCC2(NC(C)=O)c3ccccc3-c3cc(OC)ccc32)cc1OC. The number of carbonyl (C=O) groups is 2. The predicted molar refractivity (Wildman–Crippen MR) is 130 cm³/mol. The summed E-state index contributed by atoms with van der Waals surface area (Å²) in [7, 11) is 3.19. The Kier molecular flexibility index (Phi) is 6.59. The molecule has 4 rings (SSSR count). The highest BCUT2D eigenvalue weighted by molar-refractivity contribution is 5.92. The first-order chi connectivity index (χ1) is 16.4. The van der Waals surface area contributed by atoms with Crippen LogP contribution >= 0.6 is 0 Å². The van der Waals surface area contributed by atoms with Crippen molar-refractivity contribution >= 4 is 11.9 Å². The molecular formula is C28H29NO5. The highest BCUT2D eigenvalue weighted by Gasteiger charge is 2.43. The minimum absolute atomic E-state index is 0.103. The summed E-state index contributed by atoms with van der Waals surface area (Å²) in [5.74, 6) is 0.731. The quantitative estimate of drug-likeness (QED) is 0.487. The molecule has 1 atom stereocenters. The van der Waals surface area contributed by atoms with Gasteiger partial charge in [0.05, 0.1) is 26.4 Å². The van der Waals surface area contributed by atoms with Crippen LogP contribution in [-0.2, 0) is 21.5 Å². The Morgan fingerprint density at radius 3 is 2.38 bits per heavy atom. The van der Waals surface area contributed by atoms with Crippen LogP contribution < -0.4 is 14.8 Å². The topological polar surface area (TPSA) is 73.9 Å². The molecule has 0 saturated carbocycles. The van der Waals surface area contributed by atoms with Gasteiger partial charge in [-0.25, -0.2) is 4.79 Å². The molecule has 6 heteroatoms. The Bertz CT molecular complexity index is 1240. The predicted octanol–water partition coefficient (Wildman–Crippen LogP) is 4.87. The molecule has 0 spiro atoms. The first-order valence-corrected chi connectivity index (χ1v) is 11.3. The molecule has 1 unspecified atom stereocenters. The third kappa shape index (κ3) is 4.12. The summed E-state index contributed by atoms with van der Waals surface area (Å²) >= 11 is 0. The highest BCUT2D eigenvalue weighted by Crippen LogP contribution is 2.50. The number of methoxy groups -OCH3 is 2.